The lowest BCUT2D eigenvalue weighted by Gasteiger charge is -2.27. The largest absolute Gasteiger partial charge is 0.506 e. The minimum Gasteiger partial charge on any atom is -0.506 e. The highest BCUT2D eigenvalue weighted by atomic mass is 16.3. The van der Waals surface area contributed by atoms with Gasteiger partial charge in [-0.2, -0.15) is 0 Å². The van der Waals surface area contributed by atoms with E-state index in [2.05, 4.69) is 42.9 Å². The van der Waals surface area contributed by atoms with Crippen molar-refractivity contribution in [3.8, 4) is 5.75 Å². The van der Waals surface area contributed by atoms with E-state index in [1.807, 2.05) is 0 Å². The molecule has 1 unspecified atom stereocenters. The Kier molecular flexibility index (Phi) is 5.67. The molecule has 0 saturated carbocycles. The van der Waals surface area contributed by atoms with Gasteiger partial charge in [0.25, 0.3) is 0 Å². The lowest BCUT2D eigenvalue weighted by atomic mass is 9.97. The molecule has 0 fully saturated rings. The number of H-pyrrole nitrogens is 1. The number of phenols is 1. The molecule has 0 aliphatic heterocycles. The molecule has 1 aliphatic carbocycles. The second kappa shape index (κ2) is 8.25. The number of benzene rings is 2. The summed E-state index contributed by atoms with van der Waals surface area (Å²) in [4.78, 5) is 16.5. The number of aliphatic hydroxyl groups is 1. The van der Waals surface area contributed by atoms with E-state index in [9.17, 15) is 15.0 Å². The normalized spacial score (nSPS) is 15.1. The van der Waals surface area contributed by atoms with E-state index < -0.39 is 6.10 Å². The van der Waals surface area contributed by atoms with Crippen molar-refractivity contribution in [1.29, 1.82) is 0 Å². The van der Waals surface area contributed by atoms with Crippen molar-refractivity contribution in [3.05, 3.63) is 74.6 Å². The quantitative estimate of drug-likeness (QED) is 0.586. The Hall–Kier alpha value is -2.63. The first-order valence-corrected chi connectivity index (χ1v) is 10.8. The number of hydrogen-bond donors (Lipinski definition) is 3. The van der Waals surface area contributed by atoms with Crippen molar-refractivity contribution in [2.45, 2.75) is 51.7 Å². The number of likely N-dealkylation sites (N-methyl/N-ethyl adjacent to an activating group) is 1. The Morgan fingerprint density at radius 3 is 2.30 bits per heavy atom. The Morgan fingerprint density at radius 1 is 1.07 bits per heavy atom. The van der Waals surface area contributed by atoms with E-state index in [-0.39, 0.29) is 11.3 Å². The molecule has 3 aromatic rings. The van der Waals surface area contributed by atoms with Gasteiger partial charge in [0, 0.05) is 24.0 Å². The summed E-state index contributed by atoms with van der Waals surface area (Å²) >= 11 is 0. The molecular formula is C25H30N2O3. The van der Waals surface area contributed by atoms with Gasteiger partial charge < -0.3 is 15.2 Å². The number of pyridine rings is 1. The summed E-state index contributed by atoms with van der Waals surface area (Å²) in [6.07, 6.45) is 3.40. The summed E-state index contributed by atoms with van der Waals surface area (Å²) in [5.74, 6) is 0.0108. The number of rotatable bonds is 6. The molecule has 5 nitrogen and oxygen atoms in total. The summed E-state index contributed by atoms with van der Waals surface area (Å²) in [5.41, 5.74) is 6.57. The highest BCUT2D eigenvalue weighted by Gasteiger charge is 2.27. The van der Waals surface area contributed by atoms with Crippen molar-refractivity contribution >= 4 is 10.9 Å². The number of nitrogens with zero attached hydrogens (tertiary/aromatic N) is 1. The van der Waals surface area contributed by atoms with E-state index in [4.69, 9.17) is 0 Å². The van der Waals surface area contributed by atoms with Crippen LogP contribution in [-0.4, -0.2) is 39.7 Å². The highest BCUT2D eigenvalue weighted by Crippen LogP contribution is 2.32. The molecule has 30 heavy (non-hydrogen) atoms. The van der Waals surface area contributed by atoms with Crippen molar-refractivity contribution in [3.63, 3.8) is 0 Å². The standard InChI is InChI=1S/C25H30N2O3/c1-4-15-10-17-12-19(13-18(17)11-16(15)5-2)27(3)14-23(29)20-6-8-22(28)25-21(20)7-9-24(30)26-25/h6-11,19,23,28-29H,4-5,12-14H2,1-3H3,(H,26,30). The molecule has 0 spiro atoms. The molecule has 1 heterocycles. The number of phenolic OH excluding ortho intramolecular Hbond substituents is 1. The number of aliphatic hydroxyl groups excluding tert-OH is 1. The summed E-state index contributed by atoms with van der Waals surface area (Å²) in [5, 5.41) is 21.7. The fraction of sp³-hybridized carbons (Fsp3) is 0.400. The molecule has 158 valence electrons. The molecule has 4 rings (SSSR count). The van der Waals surface area contributed by atoms with Gasteiger partial charge in [0.1, 0.15) is 5.75 Å². The van der Waals surface area contributed by atoms with Gasteiger partial charge in [0.15, 0.2) is 0 Å². The predicted molar refractivity (Wildman–Crippen MR) is 120 cm³/mol. The summed E-state index contributed by atoms with van der Waals surface area (Å²) in [7, 11) is 2.06. The van der Waals surface area contributed by atoms with Crippen molar-refractivity contribution in [1.82, 2.24) is 9.88 Å². The SMILES string of the molecule is CCc1cc2c(cc1CC)CC(N(C)CC(O)c1ccc(O)c3[nH]c(=O)ccc13)C2. The molecule has 0 bridgehead atoms. The molecular weight excluding hydrogens is 376 g/mol. The van der Waals surface area contributed by atoms with Crippen molar-refractivity contribution in [2.24, 2.45) is 0 Å². The summed E-state index contributed by atoms with van der Waals surface area (Å²) in [6.45, 7) is 4.91. The first-order valence-electron chi connectivity index (χ1n) is 10.8. The Balaban J connectivity index is 1.53. The van der Waals surface area contributed by atoms with E-state index in [1.54, 1.807) is 12.1 Å². The number of nitrogens with one attached hydrogen (secondary N) is 1. The van der Waals surface area contributed by atoms with Gasteiger partial charge in [0.2, 0.25) is 5.56 Å². The number of aromatic amines is 1. The Labute approximate surface area is 177 Å². The maximum atomic E-state index is 11.6. The number of aromatic nitrogens is 1. The molecule has 0 amide bonds. The topological polar surface area (TPSA) is 76.6 Å². The Bertz CT molecular complexity index is 1100. The zero-order valence-corrected chi connectivity index (χ0v) is 17.9. The van der Waals surface area contributed by atoms with Gasteiger partial charge in [0.05, 0.1) is 11.6 Å². The fourth-order valence-electron chi connectivity index (χ4n) is 4.79. The molecule has 0 saturated heterocycles. The van der Waals surface area contributed by atoms with Crippen molar-refractivity contribution in [2.75, 3.05) is 13.6 Å². The number of hydrogen-bond acceptors (Lipinski definition) is 4. The third-order valence-corrected chi connectivity index (χ3v) is 6.54. The van der Waals surface area contributed by atoms with Gasteiger partial charge in [-0.15, -0.1) is 0 Å². The predicted octanol–water partition coefficient (Wildman–Crippen LogP) is 3.49. The van der Waals surface area contributed by atoms with Crippen LogP contribution in [0.2, 0.25) is 0 Å². The zero-order chi connectivity index (χ0) is 21.4. The first kappa shape index (κ1) is 20.6. The smallest absolute Gasteiger partial charge is 0.248 e. The van der Waals surface area contributed by atoms with Gasteiger partial charge in [-0.1, -0.05) is 32.0 Å². The molecule has 1 aromatic heterocycles. The molecule has 2 aromatic carbocycles. The third kappa shape index (κ3) is 3.75. The second-order valence-electron chi connectivity index (χ2n) is 8.40. The molecule has 1 aliphatic rings. The maximum Gasteiger partial charge on any atom is 0.248 e. The van der Waals surface area contributed by atoms with Gasteiger partial charge in [-0.3, -0.25) is 9.69 Å². The minimum absolute atomic E-state index is 0.0108. The number of fused-ring (bicyclic) bond motifs is 2. The monoisotopic (exact) mass is 406 g/mol. The number of aromatic hydroxyl groups is 1. The molecule has 3 N–H and O–H groups in total. The van der Waals surface area contributed by atoms with Crippen LogP contribution in [0.1, 0.15) is 47.8 Å². The van der Waals surface area contributed by atoms with Crippen LogP contribution in [0.4, 0.5) is 0 Å². The van der Waals surface area contributed by atoms with Crippen LogP contribution in [0, 0.1) is 0 Å². The maximum absolute atomic E-state index is 11.6. The third-order valence-electron chi connectivity index (χ3n) is 6.54. The van der Waals surface area contributed by atoms with Gasteiger partial charge in [-0.25, -0.2) is 0 Å². The van der Waals surface area contributed by atoms with Gasteiger partial charge in [-0.05, 0) is 72.7 Å². The Morgan fingerprint density at radius 2 is 1.70 bits per heavy atom. The number of aryl methyl sites for hydroxylation is 2. The van der Waals surface area contributed by atoms with Crippen LogP contribution >= 0.6 is 0 Å². The molecule has 1 atom stereocenters. The van der Waals surface area contributed by atoms with Crippen LogP contribution < -0.4 is 5.56 Å². The van der Waals surface area contributed by atoms with E-state index in [0.717, 1.165) is 25.7 Å². The van der Waals surface area contributed by atoms with Crippen molar-refractivity contribution < 1.29 is 10.2 Å². The van der Waals surface area contributed by atoms with E-state index in [1.165, 1.54) is 34.4 Å². The van der Waals surface area contributed by atoms with Crippen LogP contribution in [0.15, 0.2) is 41.2 Å². The fourth-order valence-corrected chi connectivity index (χ4v) is 4.79. The minimum atomic E-state index is -0.717. The lowest BCUT2D eigenvalue weighted by Crippen LogP contribution is -2.35. The van der Waals surface area contributed by atoms with Crippen LogP contribution in [0.5, 0.6) is 5.75 Å². The van der Waals surface area contributed by atoms with E-state index in [0.29, 0.717) is 29.1 Å². The van der Waals surface area contributed by atoms with E-state index >= 15 is 0 Å². The zero-order valence-electron chi connectivity index (χ0n) is 17.9. The van der Waals surface area contributed by atoms with Crippen LogP contribution in [0.3, 0.4) is 0 Å². The average molecular weight is 407 g/mol. The van der Waals surface area contributed by atoms with Gasteiger partial charge >= 0.3 is 0 Å². The first-order chi connectivity index (χ1) is 14.4. The molecule has 0 radical (unpaired) electrons. The average Bonchev–Trinajstić information content (AvgIpc) is 3.16. The van der Waals surface area contributed by atoms with Crippen LogP contribution in [0.25, 0.3) is 10.9 Å². The van der Waals surface area contributed by atoms with Crippen LogP contribution in [-0.2, 0) is 25.7 Å². The molecule has 5 heteroatoms. The summed E-state index contributed by atoms with van der Waals surface area (Å²) < 4.78 is 0. The lowest BCUT2D eigenvalue weighted by molar-refractivity contribution is 0.107. The second-order valence-corrected chi connectivity index (χ2v) is 8.40. The summed E-state index contributed by atoms with van der Waals surface area (Å²) in [6, 6.07) is 11.5. The highest BCUT2D eigenvalue weighted by molar-refractivity contribution is 5.87.